The van der Waals surface area contributed by atoms with Crippen molar-refractivity contribution in [1.82, 2.24) is 19.5 Å². The summed E-state index contributed by atoms with van der Waals surface area (Å²) < 4.78 is 15.8. The van der Waals surface area contributed by atoms with Gasteiger partial charge in [-0.25, -0.2) is 15.0 Å². The molecule has 0 aliphatic carbocycles. The predicted molar refractivity (Wildman–Crippen MR) is 283 cm³/mol. The third-order valence-corrected chi connectivity index (χ3v) is 14.0. The maximum absolute atomic E-state index is 6.91. The summed E-state index contributed by atoms with van der Waals surface area (Å²) in [7, 11) is 0. The standard InChI is InChI=1S/C63H36N4O2/c1-2-13-37(14-3-1)38-25-27-40(28-26-38)61-64-62(48-22-12-24-54-57(48)47-21-10-11-23-53(47)68-54)66-63(65-61)49-31-32-55-58(51-34-42-17-5-7-19-44(42)36-56(51)69-55)60(49)67-52-35-43-18-6-4-16-41(43)33-50(52)46-30-29-39-15-8-9-20-45(39)59(46)67/h1-36H. The van der Waals surface area contributed by atoms with Crippen molar-refractivity contribution in [3.05, 3.63) is 218 Å². The van der Waals surface area contributed by atoms with Crippen molar-refractivity contribution in [1.29, 1.82) is 0 Å². The van der Waals surface area contributed by atoms with Crippen LogP contribution in [0.1, 0.15) is 0 Å². The summed E-state index contributed by atoms with van der Waals surface area (Å²) >= 11 is 0. The molecule has 6 nitrogen and oxygen atoms in total. The van der Waals surface area contributed by atoms with Crippen molar-refractivity contribution in [2.45, 2.75) is 0 Å². The van der Waals surface area contributed by atoms with Crippen LogP contribution in [0.3, 0.4) is 0 Å². The minimum Gasteiger partial charge on any atom is -0.456 e. The maximum Gasteiger partial charge on any atom is 0.166 e. The van der Waals surface area contributed by atoms with Crippen LogP contribution < -0.4 is 0 Å². The summed E-state index contributed by atoms with van der Waals surface area (Å²) in [6.07, 6.45) is 0. The number of furan rings is 2. The van der Waals surface area contributed by atoms with E-state index in [2.05, 4.69) is 187 Å². The van der Waals surface area contributed by atoms with Gasteiger partial charge in [0.1, 0.15) is 22.3 Å². The van der Waals surface area contributed by atoms with Crippen molar-refractivity contribution in [3.8, 4) is 51.0 Å². The highest BCUT2D eigenvalue weighted by Crippen LogP contribution is 2.46. The lowest BCUT2D eigenvalue weighted by molar-refractivity contribution is 0.668. The number of hydrogen-bond acceptors (Lipinski definition) is 5. The summed E-state index contributed by atoms with van der Waals surface area (Å²) in [5.41, 5.74) is 11.1. The molecule has 0 N–H and O–H groups in total. The number of aromatic nitrogens is 4. The van der Waals surface area contributed by atoms with Crippen molar-refractivity contribution in [2.24, 2.45) is 0 Å². The number of nitrogens with zero attached hydrogens (tertiary/aromatic N) is 4. The fraction of sp³-hybridized carbons (Fsp3) is 0. The first-order valence-electron chi connectivity index (χ1n) is 23.2. The molecule has 0 radical (unpaired) electrons. The molecule has 4 aromatic heterocycles. The van der Waals surface area contributed by atoms with E-state index in [0.717, 1.165) is 126 Å². The van der Waals surface area contributed by atoms with Crippen molar-refractivity contribution in [3.63, 3.8) is 0 Å². The fourth-order valence-electron chi connectivity index (χ4n) is 10.8. The van der Waals surface area contributed by atoms with Gasteiger partial charge in [0, 0.05) is 49.0 Å². The van der Waals surface area contributed by atoms with Gasteiger partial charge in [-0.1, -0.05) is 170 Å². The third-order valence-electron chi connectivity index (χ3n) is 14.0. The molecular formula is C63H36N4O2. The van der Waals surface area contributed by atoms with Gasteiger partial charge < -0.3 is 13.4 Å². The Bertz CT molecular complexity index is 4600. The Morgan fingerprint density at radius 2 is 0.884 bits per heavy atom. The lowest BCUT2D eigenvalue weighted by Gasteiger charge is -2.17. The lowest BCUT2D eigenvalue weighted by Crippen LogP contribution is -2.04. The van der Waals surface area contributed by atoms with E-state index in [1.54, 1.807) is 0 Å². The molecule has 4 heterocycles. The van der Waals surface area contributed by atoms with E-state index in [9.17, 15) is 0 Å². The van der Waals surface area contributed by atoms with Crippen LogP contribution in [0.25, 0.3) is 149 Å². The lowest BCUT2D eigenvalue weighted by atomic mass is 10.0. The van der Waals surface area contributed by atoms with Gasteiger partial charge in [0.2, 0.25) is 0 Å². The SMILES string of the molecule is c1ccc(-c2ccc(-c3nc(-c4ccc5oc6cc7ccccc7cc6c5c4-n4c5cc6ccccc6cc5c5ccc6ccccc6c54)nc(-c4cccc5oc6ccccc6c45)n3)cc2)cc1. The Labute approximate surface area is 394 Å². The zero-order valence-electron chi connectivity index (χ0n) is 36.9. The zero-order chi connectivity index (χ0) is 45.2. The second kappa shape index (κ2) is 14.6. The molecule has 11 aromatic carbocycles. The van der Waals surface area contributed by atoms with E-state index in [4.69, 9.17) is 23.8 Å². The monoisotopic (exact) mass is 880 g/mol. The number of benzene rings is 11. The van der Waals surface area contributed by atoms with Crippen molar-refractivity contribution < 1.29 is 8.83 Å². The van der Waals surface area contributed by atoms with E-state index < -0.39 is 0 Å². The Hall–Kier alpha value is -9.39. The highest BCUT2D eigenvalue weighted by Gasteiger charge is 2.26. The van der Waals surface area contributed by atoms with Crippen LogP contribution in [0.4, 0.5) is 0 Å². The number of hydrogen-bond donors (Lipinski definition) is 0. The quantitative estimate of drug-likeness (QED) is 0.172. The molecule has 0 saturated heterocycles. The van der Waals surface area contributed by atoms with E-state index in [-0.39, 0.29) is 0 Å². The molecule has 15 aromatic rings. The molecule has 0 spiro atoms. The van der Waals surface area contributed by atoms with Gasteiger partial charge in [0.15, 0.2) is 17.5 Å². The number of para-hydroxylation sites is 1. The summed E-state index contributed by atoms with van der Waals surface area (Å²) in [4.78, 5) is 16.4. The number of rotatable bonds is 5. The first-order chi connectivity index (χ1) is 34.2. The molecule has 69 heavy (non-hydrogen) atoms. The highest BCUT2D eigenvalue weighted by atomic mass is 16.3. The minimum atomic E-state index is 0.537. The molecular weight excluding hydrogens is 845 g/mol. The van der Waals surface area contributed by atoms with Crippen molar-refractivity contribution >= 4 is 98.0 Å². The van der Waals surface area contributed by atoms with Crippen LogP contribution in [0.15, 0.2) is 227 Å². The Morgan fingerprint density at radius 1 is 0.304 bits per heavy atom. The predicted octanol–water partition coefficient (Wildman–Crippen LogP) is 16.9. The third kappa shape index (κ3) is 5.76. The van der Waals surface area contributed by atoms with E-state index in [0.29, 0.717) is 17.5 Å². The fourth-order valence-corrected chi connectivity index (χ4v) is 10.8. The molecule has 6 heteroatoms. The van der Waals surface area contributed by atoms with Crippen LogP contribution in [0.2, 0.25) is 0 Å². The average Bonchev–Trinajstić information content (AvgIpc) is 4.08. The topological polar surface area (TPSA) is 69.9 Å². The second-order valence-corrected chi connectivity index (χ2v) is 17.9. The zero-order valence-corrected chi connectivity index (χ0v) is 36.9. The summed E-state index contributed by atoms with van der Waals surface area (Å²) in [6.45, 7) is 0. The second-order valence-electron chi connectivity index (χ2n) is 17.9. The van der Waals surface area contributed by atoms with Gasteiger partial charge in [-0.3, -0.25) is 0 Å². The Morgan fingerprint density at radius 3 is 1.68 bits per heavy atom. The van der Waals surface area contributed by atoms with Crippen LogP contribution >= 0.6 is 0 Å². The highest BCUT2D eigenvalue weighted by molar-refractivity contribution is 6.24. The van der Waals surface area contributed by atoms with Gasteiger partial charge in [-0.15, -0.1) is 0 Å². The molecule has 0 atom stereocenters. The molecule has 0 unspecified atom stereocenters. The minimum absolute atomic E-state index is 0.537. The molecule has 15 rings (SSSR count). The van der Waals surface area contributed by atoms with Gasteiger partial charge >= 0.3 is 0 Å². The smallest absolute Gasteiger partial charge is 0.166 e. The molecule has 0 saturated carbocycles. The van der Waals surface area contributed by atoms with Crippen LogP contribution in [0.5, 0.6) is 0 Å². The van der Waals surface area contributed by atoms with Crippen LogP contribution in [0, 0.1) is 0 Å². The molecule has 0 amide bonds. The van der Waals surface area contributed by atoms with Gasteiger partial charge in [-0.05, 0) is 86.6 Å². The van der Waals surface area contributed by atoms with E-state index >= 15 is 0 Å². The van der Waals surface area contributed by atoms with E-state index in [1.165, 1.54) is 5.39 Å². The molecule has 0 aliphatic heterocycles. The van der Waals surface area contributed by atoms with Gasteiger partial charge in [0.25, 0.3) is 0 Å². The normalized spacial score (nSPS) is 12.1. The maximum atomic E-state index is 6.91. The summed E-state index contributed by atoms with van der Waals surface area (Å²) in [5, 5.41) is 13.1. The Balaban J connectivity index is 1.10. The summed E-state index contributed by atoms with van der Waals surface area (Å²) in [6, 6.07) is 76.9. The van der Waals surface area contributed by atoms with Crippen molar-refractivity contribution in [2.75, 3.05) is 0 Å². The van der Waals surface area contributed by atoms with E-state index in [1.807, 2.05) is 36.4 Å². The van der Waals surface area contributed by atoms with Crippen LogP contribution in [-0.4, -0.2) is 19.5 Å². The molecule has 320 valence electrons. The molecule has 0 bridgehead atoms. The first kappa shape index (κ1) is 37.8. The number of fused-ring (bicyclic) bond motifs is 13. The largest absolute Gasteiger partial charge is 0.456 e. The van der Waals surface area contributed by atoms with Crippen LogP contribution in [-0.2, 0) is 0 Å². The first-order valence-corrected chi connectivity index (χ1v) is 23.2. The molecule has 0 aliphatic rings. The average molecular weight is 881 g/mol. The molecule has 0 fully saturated rings. The summed E-state index contributed by atoms with van der Waals surface area (Å²) in [5.74, 6) is 1.65. The Kier molecular flexibility index (Phi) is 7.97. The van der Waals surface area contributed by atoms with Gasteiger partial charge in [0.05, 0.1) is 22.1 Å². The van der Waals surface area contributed by atoms with Gasteiger partial charge in [-0.2, -0.15) is 0 Å².